The molecule has 0 saturated heterocycles. The van der Waals surface area contributed by atoms with E-state index in [-0.39, 0.29) is 11.6 Å². The van der Waals surface area contributed by atoms with Crippen LogP contribution in [0.4, 0.5) is 21.0 Å². The first-order valence-electron chi connectivity index (χ1n) is 7.46. The molecule has 0 amide bonds. The van der Waals surface area contributed by atoms with E-state index in [1.807, 2.05) is 25.1 Å². The lowest BCUT2D eigenvalue weighted by atomic mass is 10.1. The summed E-state index contributed by atoms with van der Waals surface area (Å²) < 4.78 is 18.3. The summed E-state index contributed by atoms with van der Waals surface area (Å²) >= 11 is 1.14. The molecule has 2 aromatic carbocycles. The predicted octanol–water partition coefficient (Wildman–Crippen LogP) is 4.16. The van der Waals surface area contributed by atoms with Gasteiger partial charge in [0.25, 0.3) is 0 Å². The molecule has 0 atom stereocenters. The maximum Gasteiger partial charge on any atom is 0.206 e. The summed E-state index contributed by atoms with van der Waals surface area (Å²) in [7, 11) is 1.58. The molecule has 1 aromatic heterocycles. The molecule has 0 fully saturated rings. The Bertz CT molecular complexity index is 923. The summed E-state index contributed by atoms with van der Waals surface area (Å²) in [6.07, 6.45) is 0. The molecule has 128 valence electrons. The van der Waals surface area contributed by atoms with Gasteiger partial charge in [0.2, 0.25) is 5.78 Å². The summed E-state index contributed by atoms with van der Waals surface area (Å²) in [4.78, 5) is 17.1. The molecular weight excluding hydrogens is 341 g/mol. The van der Waals surface area contributed by atoms with Gasteiger partial charge in [0.05, 0.1) is 12.8 Å². The van der Waals surface area contributed by atoms with Crippen molar-refractivity contribution in [3.63, 3.8) is 0 Å². The average molecular weight is 357 g/mol. The zero-order valence-electron chi connectivity index (χ0n) is 13.7. The van der Waals surface area contributed by atoms with Crippen molar-refractivity contribution >= 4 is 33.8 Å². The number of hydrogen-bond donors (Lipinski definition) is 2. The standard InChI is InChI=1S/C18H16FN3O2S/c1-10-3-8-14(24-2)13(9-10)21-18-22-17(20)16(25-18)15(23)11-4-6-12(19)7-5-11/h3-9H,20H2,1-2H3,(H,21,22). The highest BCUT2D eigenvalue weighted by Gasteiger charge is 2.18. The van der Waals surface area contributed by atoms with Crippen LogP contribution in [-0.2, 0) is 0 Å². The highest BCUT2D eigenvalue weighted by molar-refractivity contribution is 7.18. The number of halogens is 1. The summed E-state index contributed by atoms with van der Waals surface area (Å²) in [5.41, 5.74) is 8.04. The minimum absolute atomic E-state index is 0.133. The first kappa shape index (κ1) is 16.9. The maximum absolute atomic E-state index is 13.0. The molecule has 0 aliphatic carbocycles. The molecule has 5 nitrogen and oxygen atoms in total. The quantitative estimate of drug-likeness (QED) is 0.671. The topological polar surface area (TPSA) is 77.2 Å². The number of benzene rings is 2. The van der Waals surface area contributed by atoms with E-state index in [2.05, 4.69) is 10.3 Å². The molecule has 3 rings (SSSR count). The zero-order chi connectivity index (χ0) is 18.0. The smallest absolute Gasteiger partial charge is 0.206 e. The van der Waals surface area contributed by atoms with Gasteiger partial charge in [-0.05, 0) is 48.9 Å². The van der Waals surface area contributed by atoms with Gasteiger partial charge in [-0.1, -0.05) is 17.4 Å². The van der Waals surface area contributed by atoms with Crippen LogP contribution in [-0.4, -0.2) is 17.9 Å². The van der Waals surface area contributed by atoms with Crippen LogP contribution in [0, 0.1) is 12.7 Å². The molecule has 7 heteroatoms. The Morgan fingerprint density at radius 2 is 1.96 bits per heavy atom. The van der Waals surface area contributed by atoms with E-state index in [4.69, 9.17) is 10.5 Å². The summed E-state index contributed by atoms with van der Waals surface area (Å²) in [6.45, 7) is 1.96. The number of thiazole rings is 1. The number of carbonyl (C=O) groups is 1. The lowest BCUT2D eigenvalue weighted by Crippen LogP contribution is -2.02. The third-order valence-electron chi connectivity index (χ3n) is 3.56. The minimum atomic E-state index is -0.400. The number of rotatable bonds is 5. The number of methoxy groups -OCH3 is 1. The van der Waals surface area contributed by atoms with E-state index >= 15 is 0 Å². The number of ketones is 1. The number of aromatic nitrogens is 1. The zero-order valence-corrected chi connectivity index (χ0v) is 14.5. The molecule has 0 aliphatic rings. The summed E-state index contributed by atoms with van der Waals surface area (Å²) in [5, 5.41) is 3.61. The van der Waals surface area contributed by atoms with E-state index in [0.29, 0.717) is 21.3 Å². The molecule has 0 saturated carbocycles. The molecule has 0 unspecified atom stereocenters. The molecule has 25 heavy (non-hydrogen) atoms. The lowest BCUT2D eigenvalue weighted by Gasteiger charge is -2.09. The highest BCUT2D eigenvalue weighted by Crippen LogP contribution is 2.33. The van der Waals surface area contributed by atoms with Crippen LogP contribution in [0.1, 0.15) is 20.8 Å². The molecular formula is C18H16FN3O2S. The second-order valence-electron chi connectivity index (χ2n) is 5.40. The van der Waals surface area contributed by atoms with Crippen molar-refractivity contribution in [2.24, 2.45) is 0 Å². The van der Waals surface area contributed by atoms with Crippen molar-refractivity contribution in [1.29, 1.82) is 0 Å². The van der Waals surface area contributed by atoms with Crippen LogP contribution in [0.5, 0.6) is 5.75 Å². The lowest BCUT2D eigenvalue weighted by molar-refractivity contribution is 0.104. The second kappa shape index (κ2) is 6.90. The number of nitrogens with one attached hydrogen (secondary N) is 1. The van der Waals surface area contributed by atoms with E-state index in [0.717, 1.165) is 22.6 Å². The second-order valence-corrected chi connectivity index (χ2v) is 6.40. The van der Waals surface area contributed by atoms with Crippen LogP contribution in [0.25, 0.3) is 0 Å². The Hall–Kier alpha value is -2.93. The number of ether oxygens (including phenoxy) is 1. The van der Waals surface area contributed by atoms with Crippen molar-refractivity contribution in [3.05, 3.63) is 64.3 Å². The van der Waals surface area contributed by atoms with Gasteiger partial charge in [-0.2, -0.15) is 0 Å². The Labute approximate surface area is 148 Å². The Balaban J connectivity index is 1.89. The Morgan fingerprint density at radius 3 is 2.64 bits per heavy atom. The van der Waals surface area contributed by atoms with Crippen LogP contribution in [0.2, 0.25) is 0 Å². The van der Waals surface area contributed by atoms with Crippen LogP contribution < -0.4 is 15.8 Å². The third kappa shape index (κ3) is 3.61. The van der Waals surface area contributed by atoms with E-state index < -0.39 is 5.82 Å². The summed E-state index contributed by atoms with van der Waals surface area (Å²) in [5.74, 6) is 0.0983. The fraction of sp³-hybridized carbons (Fsp3) is 0.111. The molecule has 0 spiro atoms. The number of hydrogen-bond acceptors (Lipinski definition) is 6. The average Bonchev–Trinajstić information content (AvgIpc) is 2.95. The van der Waals surface area contributed by atoms with Crippen molar-refractivity contribution in [3.8, 4) is 5.75 Å². The van der Waals surface area contributed by atoms with Crippen molar-refractivity contribution in [2.75, 3.05) is 18.2 Å². The third-order valence-corrected chi connectivity index (χ3v) is 4.55. The van der Waals surface area contributed by atoms with E-state index in [9.17, 15) is 9.18 Å². The Morgan fingerprint density at radius 1 is 1.24 bits per heavy atom. The van der Waals surface area contributed by atoms with Gasteiger partial charge >= 0.3 is 0 Å². The number of carbonyl (C=O) groups excluding carboxylic acids is 1. The fourth-order valence-electron chi connectivity index (χ4n) is 2.32. The van der Waals surface area contributed by atoms with Gasteiger partial charge in [0, 0.05) is 5.56 Å². The number of anilines is 3. The molecule has 3 aromatic rings. The number of nitrogens with zero attached hydrogens (tertiary/aromatic N) is 1. The van der Waals surface area contributed by atoms with Gasteiger partial charge in [0.15, 0.2) is 5.13 Å². The highest BCUT2D eigenvalue weighted by atomic mass is 32.1. The van der Waals surface area contributed by atoms with Gasteiger partial charge in [-0.25, -0.2) is 9.37 Å². The van der Waals surface area contributed by atoms with Gasteiger partial charge in [-0.3, -0.25) is 4.79 Å². The molecule has 0 bridgehead atoms. The molecule has 3 N–H and O–H groups in total. The van der Waals surface area contributed by atoms with Gasteiger partial charge in [-0.15, -0.1) is 0 Å². The SMILES string of the molecule is COc1ccc(C)cc1Nc1nc(N)c(C(=O)c2ccc(F)cc2)s1. The molecule has 0 radical (unpaired) electrons. The normalized spacial score (nSPS) is 10.5. The minimum Gasteiger partial charge on any atom is -0.495 e. The summed E-state index contributed by atoms with van der Waals surface area (Å²) in [6, 6.07) is 11.0. The van der Waals surface area contributed by atoms with Crippen LogP contribution >= 0.6 is 11.3 Å². The van der Waals surface area contributed by atoms with Crippen LogP contribution in [0.15, 0.2) is 42.5 Å². The van der Waals surface area contributed by atoms with Gasteiger partial charge in [0.1, 0.15) is 22.3 Å². The number of aryl methyl sites for hydroxylation is 1. The number of nitrogens with two attached hydrogens (primary N) is 1. The van der Waals surface area contributed by atoms with E-state index in [1.165, 1.54) is 24.3 Å². The van der Waals surface area contributed by atoms with Crippen molar-refractivity contribution < 1.29 is 13.9 Å². The maximum atomic E-state index is 13.0. The fourth-order valence-corrected chi connectivity index (χ4v) is 3.17. The predicted molar refractivity (Wildman–Crippen MR) is 97.4 cm³/mol. The molecule has 0 aliphatic heterocycles. The largest absolute Gasteiger partial charge is 0.495 e. The van der Waals surface area contributed by atoms with Crippen molar-refractivity contribution in [1.82, 2.24) is 4.98 Å². The van der Waals surface area contributed by atoms with Gasteiger partial charge < -0.3 is 15.8 Å². The number of nitrogen functional groups attached to an aromatic ring is 1. The van der Waals surface area contributed by atoms with Crippen LogP contribution in [0.3, 0.4) is 0 Å². The first-order chi connectivity index (χ1) is 12.0. The molecule has 1 heterocycles. The van der Waals surface area contributed by atoms with Crippen molar-refractivity contribution in [2.45, 2.75) is 6.92 Å². The first-order valence-corrected chi connectivity index (χ1v) is 8.28. The monoisotopic (exact) mass is 357 g/mol. The Kier molecular flexibility index (Phi) is 4.67. The van der Waals surface area contributed by atoms with E-state index in [1.54, 1.807) is 7.11 Å².